The molecule has 0 fully saturated rings. The summed E-state index contributed by atoms with van der Waals surface area (Å²) < 4.78 is 5.59. The van der Waals surface area contributed by atoms with E-state index in [-0.39, 0.29) is 12.5 Å². The molecule has 0 saturated heterocycles. The fourth-order valence-electron chi connectivity index (χ4n) is 3.29. The first-order valence-electron chi connectivity index (χ1n) is 8.75. The van der Waals surface area contributed by atoms with Crippen LogP contribution in [0.5, 0.6) is 5.75 Å². The van der Waals surface area contributed by atoms with Gasteiger partial charge in [0.1, 0.15) is 16.8 Å². The van der Waals surface area contributed by atoms with Crippen molar-refractivity contribution in [3.8, 4) is 11.8 Å². The molecule has 1 unspecified atom stereocenters. The second kappa shape index (κ2) is 8.11. The van der Waals surface area contributed by atoms with Crippen molar-refractivity contribution in [1.29, 1.82) is 5.26 Å². The third-order valence-corrected chi connectivity index (χ3v) is 6.21. The molecule has 1 N–H and O–H groups in total. The van der Waals surface area contributed by atoms with Crippen LogP contribution in [0.4, 0.5) is 5.00 Å². The second-order valence-corrected chi connectivity index (χ2v) is 8.13. The highest BCUT2D eigenvalue weighted by Gasteiger charge is 2.25. The molecule has 4 nitrogen and oxygen atoms in total. The number of hydrogen-bond donors (Lipinski definition) is 1. The highest BCUT2D eigenvalue weighted by atomic mass is 35.5. The van der Waals surface area contributed by atoms with Crippen LogP contribution < -0.4 is 10.1 Å². The maximum atomic E-state index is 12.3. The van der Waals surface area contributed by atoms with Gasteiger partial charge in [0.05, 0.1) is 5.56 Å². The minimum atomic E-state index is -0.263. The zero-order valence-corrected chi connectivity index (χ0v) is 16.5. The van der Waals surface area contributed by atoms with E-state index in [1.807, 2.05) is 6.92 Å². The number of fused-ring (bicyclic) bond motifs is 1. The van der Waals surface area contributed by atoms with Gasteiger partial charge in [0.25, 0.3) is 5.91 Å². The Kier molecular flexibility index (Phi) is 5.85. The molecule has 0 bridgehead atoms. The van der Waals surface area contributed by atoms with Gasteiger partial charge in [-0.1, -0.05) is 24.9 Å². The average Bonchev–Trinajstić information content (AvgIpc) is 2.96. The van der Waals surface area contributed by atoms with Crippen molar-refractivity contribution in [1.82, 2.24) is 0 Å². The Hall–Kier alpha value is -2.03. The number of halogens is 1. The average molecular weight is 389 g/mol. The van der Waals surface area contributed by atoms with Crippen molar-refractivity contribution in [3.63, 3.8) is 0 Å². The lowest BCUT2D eigenvalue weighted by Crippen LogP contribution is -2.20. The van der Waals surface area contributed by atoms with E-state index in [0.717, 1.165) is 36.8 Å². The van der Waals surface area contributed by atoms with Crippen LogP contribution in [0.25, 0.3) is 0 Å². The Morgan fingerprint density at radius 2 is 2.31 bits per heavy atom. The van der Waals surface area contributed by atoms with Crippen LogP contribution in [-0.2, 0) is 17.6 Å². The number of thiophene rings is 1. The number of nitrogens with one attached hydrogen (secondary N) is 1. The molecule has 0 aliphatic heterocycles. The van der Waals surface area contributed by atoms with Crippen LogP contribution >= 0.6 is 22.9 Å². The first kappa shape index (κ1) is 18.8. The number of benzene rings is 1. The van der Waals surface area contributed by atoms with E-state index >= 15 is 0 Å². The van der Waals surface area contributed by atoms with Gasteiger partial charge in [-0.2, -0.15) is 5.26 Å². The van der Waals surface area contributed by atoms with E-state index in [9.17, 15) is 10.1 Å². The van der Waals surface area contributed by atoms with E-state index in [2.05, 4.69) is 18.3 Å². The number of carbonyl (C=O) groups is 1. The van der Waals surface area contributed by atoms with Crippen molar-refractivity contribution in [2.24, 2.45) is 5.92 Å². The Labute approximate surface area is 162 Å². The van der Waals surface area contributed by atoms with E-state index in [1.54, 1.807) is 18.2 Å². The van der Waals surface area contributed by atoms with Crippen molar-refractivity contribution < 1.29 is 9.53 Å². The van der Waals surface area contributed by atoms with Crippen LogP contribution in [-0.4, -0.2) is 12.5 Å². The highest BCUT2D eigenvalue weighted by Crippen LogP contribution is 2.40. The Bertz CT molecular complexity index is 869. The van der Waals surface area contributed by atoms with Gasteiger partial charge < -0.3 is 10.1 Å². The molecule has 1 atom stereocenters. The minimum absolute atomic E-state index is 0.104. The summed E-state index contributed by atoms with van der Waals surface area (Å²) in [7, 11) is 0. The summed E-state index contributed by atoms with van der Waals surface area (Å²) in [5.41, 5.74) is 2.61. The lowest BCUT2D eigenvalue weighted by Gasteiger charge is -2.20. The van der Waals surface area contributed by atoms with Crippen LogP contribution in [0.1, 0.15) is 41.3 Å². The number of amides is 1. The summed E-state index contributed by atoms with van der Waals surface area (Å²) in [6.07, 6.45) is 4.18. The van der Waals surface area contributed by atoms with E-state index in [1.165, 1.54) is 16.2 Å². The summed E-state index contributed by atoms with van der Waals surface area (Å²) in [5, 5.41) is 13.7. The van der Waals surface area contributed by atoms with Crippen molar-refractivity contribution in [2.75, 3.05) is 11.9 Å². The Morgan fingerprint density at radius 1 is 1.50 bits per heavy atom. The molecule has 1 amide bonds. The maximum absolute atomic E-state index is 12.3. The first-order valence-corrected chi connectivity index (χ1v) is 9.94. The number of nitriles is 1. The van der Waals surface area contributed by atoms with Gasteiger partial charge in [-0.25, -0.2) is 0 Å². The molecule has 1 aromatic heterocycles. The summed E-state index contributed by atoms with van der Waals surface area (Å²) in [4.78, 5) is 13.5. The zero-order valence-electron chi connectivity index (χ0n) is 14.9. The molecule has 3 rings (SSSR count). The standard InChI is InChI=1S/C20H21ClN2O2S/c1-3-13-4-6-15-16(10-22)20(26-18(15)9-13)23-19(24)11-25-17-7-5-14(21)8-12(17)2/h5,7-8,13H,3-4,6,9,11H2,1-2H3,(H,23,24). The molecule has 136 valence electrons. The zero-order chi connectivity index (χ0) is 18.7. The van der Waals surface area contributed by atoms with Gasteiger partial charge in [-0.05, 0) is 61.4 Å². The first-order chi connectivity index (χ1) is 12.5. The van der Waals surface area contributed by atoms with Gasteiger partial charge in [0.2, 0.25) is 0 Å². The third kappa shape index (κ3) is 4.03. The normalized spacial score (nSPS) is 15.8. The predicted molar refractivity (Wildman–Crippen MR) is 105 cm³/mol. The molecule has 1 aliphatic carbocycles. The van der Waals surface area contributed by atoms with Gasteiger partial charge in [0.15, 0.2) is 6.61 Å². The van der Waals surface area contributed by atoms with E-state index in [4.69, 9.17) is 16.3 Å². The molecule has 0 spiro atoms. The summed E-state index contributed by atoms with van der Waals surface area (Å²) in [6, 6.07) is 7.54. The minimum Gasteiger partial charge on any atom is -0.483 e. The second-order valence-electron chi connectivity index (χ2n) is 6.58. The topological polar surface area (TPSA) is 62.1 Å². The lowest BCUT2D eigenvalue weighted by molar-refractivity contribution is -0.118. The number of nitrogens with zero attached hydrogens (tertiary/aromatic N) is 1. The maximum Gasteiger partial charge on any atom is 0.262 e. The summed E-state index contributed by atoms with van der Waals surface area (Å²) >= 11 is 7.46. The number of carbonyl (C=O) groups excluding carboxylic acids is 1. The largest absolute Gasteiger partial charge is 0.483 e. The number of aryl methyl sites for hydroxylation is 1. The van der Waals surface area contributed by atoms with Crippen LogP contribution in [0.2, 0.25) is 5.02 Å². The molecule has 1 aliphatic rings. The molecule has 6 heteroatoms. The predicted octanol–water partition coefficient (Wildman–Crippen LogP) is 5.11. The monoisotopic (exact) mass is 388 g/mol. The van der Waals surface area contributed by atoms with Crippen molar-refractivity contribution >= 4 is 33.8 Å². The molecule has 26 heavy (non-hydrogen) atoms. The van der Waals surface area contributed by atoms with Gasteiger partial charge >= 0.3 is 0 Å². The summed E-state index contributed by atoms with van der Waals surface area (Å²) in [5.74, 6) is 1.04. The third-order valence-electron chi connectivity index (χ3n) is 4.81. The van der Waals surface area contributed by atoms with Gasteiger partial charge in [0, 0.05) is 9.90 Å². The number of hydrogen-bond acceptors (Lipinski definition) is 4. The molecule has 1 aromatic carbocycles. The Balaban J connectivity index is 1.68. The lowest BCUT2D eigenvalue weighted by atomic mass is 9.86. The molecule has 0 radical (unpaired) electrons. The molecule has 0 saturated carbocycles. The van der Waals surface area contributed by atoms with Gasteiger partial charge in [-0.3, -0.25) is 4.79 Å². The number of rotatable bonds is 5. The van der Waals surface area contributed by atoms with Crippen LogP contribution in [0.3, 0.4) is 0 Å². The van der Waals surface area contributed by atoms with Crippen molar-refractivity contribution in [3.05, 3.63) is 44.8 Å². The van der Waals surface area contributed by atoms with Crippen LogP contribution in [0.15, 0.2) is 18.2 Å². The smallest absolute Gasteiger partial charge is 0.262 e. The van der Waals surface area contributed by atoms with E-state index in [0.29, 0.717) is 27.3 Å². The van der Waals surface area contributed by atoms with Crippen molar-refractivity contribution in [2.45, 2.75) is 39.5 Å². The van der Waals surface area contributed by atoms with E-state index < -0.39 is 0 Å². The fourth-order valence-corrected chi connectivity index (χ4v) is 4.84. The summed E-state index contributed by atoms with van der Waals surface area (Å²) in [6.45, 7) is 3.98. The SMILES string of the molecule is CCC1CCc2c(sc(NC(=O)COc3ccc(Cl)cc3C)c2C#N)C1. The molecular formula is C20H21ClN2O2S. The molecule has 2 aromatic rings. The quantitative estimate of drug-likeness (QED) is 0.773. The fraction of sp³-hybridized carbons (Fsp3) is 0.400. The molecular weight excluding hydrogens is 368 g/mol. The van der Waals surface area contributed by atoms with Gasteiger partial charge in [-0.15, -0.1) is 11.3 Å². The number of anilines is 1. The van der Waals surface area contributed by atoms with Crippen LogP contribution in [0, 0.1) is 24.2 Å². The number of ether oxygens (including phenoxy) is 1. The molecule has 1 heterocycles. The Morgan fingerprint density at radius 3 is 3.00 bits per heavy atom. The highest BCUT2D eigenvalue weighted by molar-refractivity contribution is 7.16.